The van der Waals surface area contributed by atoms with Crippen molar-refractivity contribution in [2.75, 3.05) is 5.73 Å². The summed E-state index contributed by atoms with van der Waals surface area (Å²) in [5, 5.41) is 0. The van der Waals surface area contributed by atoms with Gasteiger partial charge < -0.3 is 11.5 Å². The monoisotopic (exact) mass is 229 g/mol. The zero-order valence-corrected chi connectivity index (χ0v) is 9.92. The summed E-state index contributed by atoms with van der Waals surface area (Å²) >= 11 is 0. The van der Waals surface area contributed by atoms with Gasteiger partial charge in [0.1, 0.15) is 5.82 Å². The second kappa shape index (κ2) is 3.84. The van der Waals surface area contributed by atoms with Crippen molar-refractivity contribution in [1.29, 1.82) is 0 Å². The van der Waals surface area contributed by atoms with Gasteiger partial charge in [-0.15, -0.1) is 6.58 Å². The van der Waals surface area contributed by atoms with Crippen LogP contribution in [0.4, 0.5) is 5.82 Å². The summed E-state index contributed by atoms with van der Waals surface area (Å²) in [5.74, 6) is 2.95. The number of nitrogens with two attached hydrogens (primary N) is 2. The van der Waals surface area contributed by atoms with Crippen LogP contribution in [-0.2, 0) is 0 Å². The van der Waals surface area contributed by atoms with Crippen LogP contribution >= 0.6 is 0 Å². The van der Waals surface area contributed by atoms with Crippen LogP contribution in [0.25, 0.3) is 0 Å². The molecule has 5 atom stereocenters. The Bertz CT molecular complexity index is 443. The first-order chi connectivity index (χ1) is 8.20. The van der Waals surface area contributed by atoms with E-state index in [4.69, 9.17) is 11.5 Å². The number of fused-ring (bicyclic) bond motifs is 2. The molecule has 1 heterocycles. The van der Waals surface area contributed by atoms with Gasteiger partial charge in [0.05, 0.1) is 0 Å². The molecule has 0 aliphatic heterocycles. The van der Waals surface area contributed by atoms with Crippen molar-refractivity contribution in [3.05, 3.63) is 36.5 Å². The van der Waals surface area contributed by atoms with Gasteiger partial charge in [-0.2, -0.15) is 0 Å². The van der Waals surface area contributed by atoms with Crippen molar-refractivity contribution < 1.29 is 0 Å². The zero-order valence-electron chi connectivity index (χ0n) is 9.92. The Kier molecular flexibility index (Phi) is 2.44. The Morgan fingerprint density at radius 2 is 2.24 bits per heavy atom. The quantitative estimate of drug-likeness (QED) is 0.761. The van der Waals surface area contributed by atoms with Crippen LogP contribution < -0.4 is 11.5 Å². The fourth-order valence-corrected chi connectivity index (χ4v) is 3.93. The maximum absolute atomic E-state index is 6.22. The van der Waals surface area contributed by atoms with E-state index in [9.17, 15) is 0 Å². The van der Waals surface area contributed by atoms with Crippen LogP contribution in [0.1, 0.15) is 24.3 Å². The summed E-state index contributed by atoms with van der Waals surface area (Å²) in [5.41, 5.74) is 13.3. The van der Waals surface area contributed by atoms with Crippen LogP contribution in [0.2, 0.25) is 0 Å². The lowest BCUT2D eigenvalue weighted by molar-refractivity contribution is 0.307. The van der Waals surface area contributed by atoms with Crippen molar-refractivity contribution in [2.24, 2.45) is 23.5 Å². The molecule has 0 spiro atoms. The summed E-state index contributed by atoms with van der Waals surface area (Å²) < 4.78 is 0. The molecule has 2 saturated carbocycles. The standard InChI is InChI=1S/C14H19N3/c1-2-10-9-5-11(12(15)6-9)14(10)8-3-4-17-13(16)7-8/h2-4,7,9-12,14H,1,5-6,15H2,(H2,16,17). The lowest BCUT2D eigenvalue weighted by Crippen LogP contribution is -2.35. The maximum atomic E-state index is 6.22. The largest absolute Gasteiger partial charge is 0.384 e. The van der Waals surface area contributed by atoms with Crippen molar-refractivity contribution in [1.82, 2.24) is 4.98 Å². The number of rotatable bonds is 2. The average Bonchev–Trinajstić information content (AvgIpc) is 2.84. The second-order valence-electron chi connectivity index (χ2n) is 5.41. The first kappa shape index (κ1) is 10.8. The normalized spacial score (nSPS) is 39.5. The highest BCUT2D eigenvalue weighted by Crippen LogP contribution is 2.56. The molecule has 3 heteroatoms. The van der Waals surface area contributed by atoms with E-state index in [1.54, 1.807) is 6.20 Å². The molecule has 1 aromatic rings. The van der Waals surface area contributed by atoms with E-state index in [1.165, 1.54) is 12.0 Å². The topological polar surface area (TPSA) is 64.9 Å². The second-order valence-corrected chi connectivity index (χ2v) is 5.41. The third-order valence-corrected chi connectivity index (χ3v) is 4.58. The molecule has 2 aliphatic carbocycles. The van der Waals surface area contributed by atoms with E-state index in [0.717, 1.165) is 6.42 Å². The Labute approximate surface area is 102 Å². The fourth-order valence-electron chi connectivity index (χ4n) is 3.93. The zero-order chi connectivity index (χ0) is 12.0. The van der Waals surface area contributed by atoms with E-state index in [1.807, 2.05) is 6.07 Å². The number of allylic oxidation sites excluding steroid dienone is 1. The van der Waals surface area contributed by atoms with Gasteiger partial charge in [0.25, 0.3) is 0 Å². The molecule has 0 saturated heterocycles. The molecule has 4 N–H and O–H groups in total. The molecule has 0 amide bonds. The van der Waals surface area contributed by atoms with Crippen LogP contribution in [-0.4, -0.2) is 11.0 Å². The van der Waals surface area contributed by atoms with Crippen LogP contribution in [0, 0.1) is 17.8 Å². The van der Waals surface area contributed by atoms with Crippen LogP contribution in [0.3, 0.4) is 0 Å². The number of hydrogen-bond donors (Lipinski definition) is 2. The van der Waals surface area contributed by atoms with Crippen molar-refractivity contribution in [3.8, 4) is 0 Å². The smallest absolute Gasteiger partial charge is 0.123 e. The van der Waals surface area contributed by atoms with E-state index in [2.05, 4.69) is 23.7 Å². The third-order valence-electron chi connectivity index (χ3n) is 4.58. The molecular formula is C14H19N3. The average molecular weight is 229 g/mol. The lowest BCUT2D eigenvalue weighted by atomic mass is 9.74. The van der Waals surface area contributed by atoms with Gasteiger partial charge in [0.15, 0.2) is 0 Å². The number of nitrogen functional groups attached to an aromatic ring is 1. The molecule has 90 valence electrons. The molecule has 0 radical (unpaired) electrons. The molecule has 2 aliphatic rings. The van der Waals surface area contributed by atoms with E-state index >= 15 is 0 Å². The first-order valence-corrected chi connectivity index (χ1v) is 6.30. The Hall–Kier alpha value is -1.35. The highest BCUT2D eigenvalue weighted by Gasteiger charge is 2.50. The van der Waals surface area contributed by atoms with Gasteiger partial charge >= 0.3 is 0 Å². The Balaban J connectivity index is 1.98. The maximum Gasteiger partial charge on any atom is 0.123 e. The minimum atomic E-state index is 0.343. The minimum Gasteiger partial charge on any atom is -0.384 e. The van der Waals surface area contributed by atoms with Gasteiger partial charge in [-0.3, -0.25) is 0 Å². The third kappa shape index (κ3) is 1.57. The predicted octanol–water partition coefficient (Wildman–Crippen LogP) is 1.92. The van der Waals surface area contributed by atoms with Crippen LogP contribution in [0.5, 0.6) is 0 Å². The van der Waals surface area contributed by atoms with Gasteiger partial charge in [-0.05, 0) is 54.2 Å². The van der Waals surface area contributed by atoms with E-state index in [-0.39, 0.29) is 0 Å². The molecule has 2 bridgehead atoms. The molecule has 17 heavy (non-hydrogen) atoms. The summed E-state index contributed by atoms with van der Waals surface area (Å²) in [6, 6.07) is 4.41. The number of nitrogens with zero attached hydrogens (tertiary/aromatic N) is 1. The SMILES string of the molecule is C=CC1C2CC(N)C(C2)C1c1ccnc(N)c1. The molecule has 2 fully saturated rings. The number of aromatic nitrogens is 1. The molecule has 5 unspecified atom stereocenters. The van der Waals surface area contributed by atoms with Crippen molar-refractivity contribution in [3.63, 3.8) is 0 Å². The number of pyridine rings is 1. The van der Waals surface area contributed by atoms with E-state index < -0.39 is 0 Å². The van der Waals surface area contributed by atoms with E-state index in [0.29, 0.717) is 35.5 Å². The summed E-state index contributed by atoms with van der Waals surface area (Å²) in [6.45, 7) is 4.00. The molecular weight excluding hydrogens is 210 g/mol. The molecule has 3 nitrogen and oxygen atoms in total. The Morgan fingerprint density at radius 3 is 2.94 bits per heavy atom. The fraction of sp³-hybridized carbons (Fsp3) is 0.500. The van der Waals surface area contributed by atoms with Gasteiger partial charge in [0.2, 0.25) is 0 Å². The van der Waals surface area contributed by atoms with Gasteiger partial charge in [0, 0.05) is 12.2 Å². The van der Waals surface area contributed by atoms with Crippen molar-refractivity contribution in [2.45, 2.75) is 24.8 Å². The van der Waals surface area contributed by atoms with Gasteiger partial charge in [-0.1, -0.05) is 6.08 Å². The summed E-state index contributed by atoms with van der Waals surface area (Å²) in [4.78, 5) is 4.06. The molecule has 0 aromatic carbocycles. The Morgan fingerprint density at radius 1 is 1.41 bits per heavy atom. The molecule has 3 rings (SSSR count). The summed E-state index contributed by atoms with van der Waals surface area (Å²) in [6.07, 6.45) is 6.29. The number of anilines is 1. The lowest BCUT2D eigenvalue weighted by Gasteiger charge is -2.33. The minimum absolute atomic E-state index is 0.343. The molecule has 1 aromatic heterocycles. The van der Waals surface area contributed by atoms with Crippen LogP contribution in [0.15, 0.2) is 31.0 Å². The number of hydrogen-bond acceptors (Lipinski definition) is 3. The first-order valence-electron chi connectivity index (χ1n) is 6.30. The van der Waals surface area contributed by atoms with Crippen molar-refractivity contribution >= 4 is 5.82 Å². The highest BCUT2D eigenvalue weighted by molar-refractivity contribution is 5.36. The predicted molar refractivity (Wildman–Crippen MR) is 69.3 cm³/mol. The summed E-state index contributed by atoms with van der Waals surface area (Å²) in [7, 11) is 0. The van der Waals surface area contributed by atoms with Gasteiger partial charge in [-0.25, -0.2) is 4.98 Å². The highest BCUT2D eigenvalue weighted by atomic mass is 14.8.